The zero-order valence-corrected chi connectivity index (χ0v) is 16.1. The number of halogens is 3. The number of anilines is 1. The molecule has 2 aromatic rings. The van der Waals surface area contributed by atoms with E-state index in [1.54, 1.807) is 11.8 Å². The molecular formula is C17H16F3N3O3S2. The predicted molar refractivity (Wildman–Crippen MR) is 98.9 cm³/mol. The molecule has 1 unspecified atom stereocenters. The first-order chi connectivity index (χ1) is 13.2. The van der Waals surface area contributed by atoms with Crippen LogP contribution in [0, 0.1) is 0 Å². The summed E-state index contributed by atoms with van der Waals surface area (Å²) in [5, 5.41) is 7.03. The second kappa shape index (κ2) is 6.80. The van der Waals surface area contributed by atoms with Crippen LogP contribution in [0.4, 0.5) is 19.0 Å². The molecule has 11 heteroatoms. The van der Waals surface area contributed by atoms with Gasteiger partial charge in [0.1, 0.15) is 5.82 Å². The van der Waals surface area contributed by atoms with E-state index < -0.39 is 39.1 Å². The minimum atomic E-state index is -4.66. The van der Waals surface area contributed by atoms with E-state index in [0.717, 1.165) is 23.4 Å². The van der Waals surface area contributed by atoms with Crippen molar-refractivity contribution in [1.29, 1.82) is 0 Å². The molecule has 0 spiro atoms. The highest BCUT2D eigenvalue weighted by Gasteiger charge is 2.37. The van der Waals surface area contributed by atoms with Crippen LogP contribution in [0.15, 0.2) is 24.3 Å². The number of carbonyl (C=O) groups excluding carboxylic acids is 1. The minimum Gasteiger partial charge on any atom is -0.306 e. The summed E-state index contributed by atoms with van der Waals surface area (Å²) >= 11 is 1.58. The van der Waals surface area contributed by atoms with Gasteiger partial charge in [-0.25, -0.2) is 13.1 Å². The van der Waals surface area contributed by atoms with E-state index in [2.05, 4.69) is 10.4 Å². The van der Waals surface area contributed by atoms with Crippen LogP contribution >= 0.6 is 11.8 Å². The number of benzene rings is 1. The molecule has 1 fully saturated rings. The third kappa shape index (κ3) is 3.52. The van der Waals surface area contributed by atoms with E-state index in [4.69, 9.17) is 0 Å². The molecular weight excluding hydrogens is 415 g/mol. The lowest BCUT2D eigenvalue weighted by molar-refractivity contribution is -0.137. The van der Waals surface area contributed by atoms with E-state index >= 15 is 0 Å². The van der Waals surface area contributed by atoms with E-state index in [0.29, 0.717) is 23.7 Å². The molecule has 0 bridgehead atoms. The van der Waals surface area contributed by atoms with Gasteiger partial charge in [0.05, 0.1) is 34.4 Å². The van der Waals surface area contributed by atoms with Gasteiger partial charge in [0.15, 0.2) is 9.84 Å². The van der Waals surface area contributed by atoms with Crippen LogP contribution in [0.3, 0.4) is 0 Å². The summed E-state index contributed by atoms with van der Waals surface area (Å²) in [6, 6.07) is 4.13. The number of nitrogens with one attached hydrogen (secondary N) is 1. The van der Waals surface area contributed by atoms with Gasteiger partial charge < -0.3 is 5.32 Å². The molecule has 2 aliphatic rings. The van der Waals surface area contributed by atoms with Gasteiger partial charge in [-0.3, -0.25) is 4.79 Å². The van der Waals surface area contributed by atoms with E-state index in [-0.39, 0.29) is 11.5 Å². The van der Waals surface area contributed by atoms with Gasteiger partial charge in [-0.2, -0.15) is 30.0 Å². The Morgan fingerprint density at radius 3 is 2.68 bits per heavy atom. The number of aromatic nitrogens is 2. The van der Waals surface area contributed by atoms with Crippen LogP contribution in [0.2, 0.25) is 0 Å². The Labute approximate surface area is 163 Å². The summed E-state index contributed by atoms with van der Waals surface area (Å²) in [6.45, 7) is 0. The molecule has 0 aliphatic carbocycles. The lowest BCUT2D eigenvalue weighted by Gasteiger charge is -2.17. The first-order valence-electron chi connectivity index (χ1n) is 8.52. The quantitative estimate of drug-likeness (QED) is 0.807. The van der Waals surface area contributed by atoms with Crippen LogP contribution in [0.5, 0.6) is 0 Å². The Balaban J connectivity index is 1.70. The smallest absolute Gasteiger partial charge is 0.306 e. The third-order valence-corrected chi connectivity index (χ3v) is 7.56. The highest BCUT2D eigenvalue weighted by molar-refractivity contribution is 7.98. The van der Waals surface area contributed by atoms with Crippen LogP contribution in [-0.2, 0) is 27.5 Å². The first kappa shape index (κ1) is 19.3. The second-order valence-corrected chi connectivity index (χ2v) is 9.98. The number of sulfone groups is 1. The van der Waals surface area contributed by atoms with Crippen molar-refractivity contribution >= 4 is 33.3 Å². The number of hydrogen-bond donors (Lipinski definition) is 1. The van der Waals surface area contributed by atoms with Crippen LogP contribution in [-0.4, -0.2) is 35.6 Å². The Kier molecular flexibility index (Phi) is 4.69. The molecule has 1 amide bonds. The average Bonchev–Trinajstić information content (AvgIpc) is 3.29. The number of carbonyl (C=O) groups is 1. The Morgan fingerprint density at radius 1 is 1.25 bits per heavy atom. The molecule has 28 heavy (non-hydrogen) atoms. The molecule has 1 saturated heterocycles. The third-order valence-electron chi connectivity index (χ3n) is 4.84. The van der Waals surface area contributed by atoms with Crippen LogP contribution < -0.4 is 5.32 Å². The van der Waals surface area contributed by atoms with E-state index in [1.165, 1.54) is 16.8 Å². The number of amides is 1. The normalized spacial score (nSPS) is 20.9. The van der Waals surface area contributed by atoms with E-state index in [1.807, 2.05) is 0 Å². The molecule has 1 N–H and O–H groups in total. The molecule has 3 heterocycles. The molecule has 2 aliphatic heterocycles. The lowest BCUT2D eigenvalue weighted by Crippen LogP contribution is -2.23. The van der Waals surface area contributed by atoms with Gasteiger partial charge in [0, 0.05) is 17.1 Å². The van der Waals surface area contributed by atoms with Crippen molar-refractivity contribution in [3.63, 3.8) is 0 Å². The van der Waals surface area contributed by atoms with Gasteiger partial charge >= 0.3 is 6.18 Å². The van der Waals surface area contributed by atoms with Crippen molar-refractivity contribution in [3.05, 3.63) is 46.6 Å². The van der Waals surface area contributed by atoms with Crippen molar-refractivity contribution in [2.24, 2.45) is 0 Å². The zero-order chi connectivity index (χ0) is 20.1. The number of nitrogens with zero attached hydrogens (tertiary/aromatic N) is 2. The molecule has 4 rings (SSSR count). The SMILES string of the molecule is O=C(Nc1c2c(nn1C1CCS(=O)(=O)C1)CSC2)c1ccccc1C(F)(F)F. The fourth-order valence-electron chi connectivity index (χ4n) is 3.50. The van der Waals surface area contributed by atoms with E-state index in [9.17, 15) is 26.4 Å². The van der Waals surface area contributed by atoms with Crippen molar-refractivity contribution in [3.8, 4) is 0 Å². The molecule has 0 radical (unpaired) electrons. The monoisotopic (exact) mass is 431 g/mol. The summed E-state index contributed by atoms with van der Waals surface area (Å²) in [4.78, 5) is 12.7. The molecule has 0 saturated carbocycles. The average molecular weight is 431 g/mol. The highest BCUT2D eigenvalue weighted by atomic mass is 32.2. The maximum atomic E-state index is 13.2. The molecule has 6 nitrogen and oxygen atoms in total. The first-order valence-corrected chi connectivity index (χ1v) is 11.5. The number of alkyl halides is 3. The van der Waals surface area contributed by atoms with Gasteiger partial charge in [-0.15, -0.1) is 0 Å². The van der Waals surface area contributed by atoms with Crippen LogP contribution in [0.1, 0.15) is 39.6 Å². The van der Waals surface area contributed by atoms with Crippen molar-refractivity contribution in [2.75, 3.05) is 16.8 Å². The summed E-state index contributed by atoms with van der Waals surface area (Å²) < 4.78 is 64.9. The van der Waals surface area contributed by atoms with Crippen LogP contribution in [0.25, 0.3) is 0 Å². The lowest BCUT2D eigenvalue weighted by atomic mass is 10.1. The largest absolute Gasteiger partial charge is 0.417 e. The Bertz CT molecular complexity index is 1050. The Morgan fingerprint density at radius 2 is 2.00 bits per heavy atom. The molecule has 1 aromatic carbocycles. The van der Waals surface area contributed by atoms with Crippen molar-refractivity contribution in [2.45, 2.75) is 30.1 Å². The maximum absolute atomic E-state index is 13.2. The summed E-state index contributed by atoms with van der Waals surface area (Å²) in [7, 11) is -3.19. The van der Waals surface area contributed by atoms with Gasteiger partial charge in [-0.1, -0.05) is 12.1 Å². The number of thioether (sulfide) groups is 1. The van der Waals surface area contributed by atoms with Gasteiger partial charge in [-0.05, 0) is 18.6 Å². The fourth-order valence-corrected chi connectivity index (χ4v) is 6.23. The van der Waals surface area contributed by atoms with Crippen molar-refractivity contribution in [1.82, 2.24) is 9.78 Å². The number of fused-ring (bicyclic) bond motifs is 1. The summed E-state index contributed by atoms with van der Waals surface area (Å²) in [5.41, 5.74) is -0.0323. The topological polar surface area (TPSA) is 81.1 Å². The Hall–Kier alpha value is -2.01. The minimum absolute atomic E-state index is 0.0290. The number of rotatable bonds is 3. The standard InChI is InChI=1S/C17H16F3N3O3S2/c18-17(19,20)13-4-2-1-3-11(13)16(24)21-15-12-7-27-8-14(12)22-23(15)10-5-6-28(25,26)9-10/h1-4,10H,5-9H2,(H,21,24). The second-order valence-electron chi connectivity index (χ2n) is 6.77. The van der Waals surface area contributed by atoms with Gasteiger partial charge in [0.2, 0.25) is 0 Å². The predicted octanol–water partition coefficient (Wildman–Crippen LogP) is 3.26. The molecule has 1 aromatic heterocycles. The molecule has 150 valence electrons. The summed E-state index contributed by atoms with van der Waals surface area (Å²) in [6.07, 6.45) is -4.30. The summed E-state index contributed by atoms with van der Waals surface area (Å²) in [5.74, 6) is 0.512. The maximum Gasteiger partial charge on any atom is 0.417 e. The highest BCUT2D eigenvalue weighted by Crippen LogP contribution is 2.39. The zero-order valence-electron chi connectivity index (χ0n) is 14.5. The van der Waals surface area contributed by atoms with Gasteiger partial charge in [0.25, 0.3) is 5.91 Å². The fraction of sp³-hybridized carbons (Fsp3) is 0.412. The molecule has 1 atom stereocenters. The van der Waals surface area contributed by atoms with Crippen molar-refractivity contribution < 1.29 is 26.4 Å². The number of hydrogen-bond acceptors (Lipinski definition) is 5.